The lowest BCUT2D eigenvalue weighted by Gasteiger charge is -2.36. The maximum absolute atomic E-state index is 14.9. The molecule has 0 bridgehead atoms. The molecule has 1 aliphatic carbocycles. The van der Waals surface area contributed by atoms with Crippen LogP contribution in [0.25, 0.3) is 0 Å². The summed E-state index contributed by atoms with van der Waals surface area (Å²) >= 11 is 6.05. The zero-order valence-corrected chi connectivity index (χ0v) is 20.2. The highest BCUT2D eigenvalue weighted by Gasteiger charge is 2.41. The number of nitrogens with one attached hydrogen (secondary N) is 2. The molecule has 1 atom stereocenters. The second kappa shape index (κ2) is 9.26. The Morgan fingerprint density at radius 3 is 2.49 bits per heavy atom. The quantitative estimate of drug-likeness (QED) is 0.330. The molecule has 4 rings (SSSR count). The summed E-state index contributed by atoms with van der Waals surface area (Å²) in [5.41, 5.74) is -2.31. The van der Waals surface area contributed by atoms with Gasteiger partial charge in [0, 0.05) is 20.3 Å². The number of carbonyl (C=O) groups excluding carboxylic acids is 1. The van der Waals surface area contributed by atoms with Gasteiger partial charge < -0.3 is 20.6 Å². The largest absolute Gasteiger partial charge is 0.504 e. The first-order chi connectivity index (χ1) is 16.5. The van der Waals surface area contributed by atoms with Crippen molar-refractivity contribution < 1.29 is 14.3 Å². The fourth-order valence-electron chi connectivity index (χ4n) is 4.53. The number of aromatic nitrogens is 2. The molecule has 1 aliphatic rings. The van der Waals surface area contributed by atoms with Crippen LogP contribution in [-0.2, 0) is 0 Å². The number of carbonyl (C=O) groups is 1. The minimum Gasteiger partial charge on any atom is -0.504 e. The summed E-state index contributed by atoms with van der Waals surface area (Å²) in [6.45, 7) is 1.98. The summed E-state index contributed by atoms with van der Waals surface area (Å²) in [5, 5.41) is 16.5. The van der Waals surface area contributed by atoms with Crippen LogP contribution >= 0.6 is 11.6 Å². The molecule has 0 radical (unpaired) electrons. The van der Waals surface area contributed by atoms with Crippen molar-refractivity contribution in [3.8, 4) is 5.75 Å². The van der Waals surface area contributed by atoms with Crippen LogP contribution in [-0.4, -0.2) is 40.0 Å². The molecule has 0 unspecified atom stereocenters. The summed E-state index contributed by atoms with van der Waals surface area (Å²) < 4.78 is 14.9. The van der Waals surface area contributed by atoms with Crippen LogP contribution in [0.2, 0.25) is 5.15 Å². The van der Waals surface area contributed by atoms with Crippen LogP contribution in [0.3, 0.4) is 0 Å². The Hall–Kier alpha value is -3.53. The van der Waals surface area contributed by atoms with Crippen molar-refractivity contribution >= 4 is 34.6 Å². The van der Waals surface area contributed by atoms with Crippen molar-refractivity contribution in [2.75, 3.05) is 24.7 Å². The summed E-state index contributed by atoms with van der Waals surface area (Å²) in [4.78, 5) is 46.7. The number of halogens is 2. The standard InChI is InChI=1S/C24H25ClFN5O4/c1-24(9-4-5-10-24)22(15-12(26)6-7-14(25)29-15)30-17-16(20(33)21(17)34)28-13-8-11-27-18(19(13)32)23(35)31(2)3/h6-8,11,22,30,32H,4-5,9-10H2,1-3H3,(H,27,28)/t22-/m0/s1. The van der Waals surface area contributed by atoms with Crippen molar-refractivity contribution in [1.29, 1.82) is 0 Å². The molecule has 0 spiro atoms. The molecule has 2 aromatic heterocycles. The molecule has 11 heteroatoms. The summed E-state index contributed by atoms with van der Waals surface area (Å²) in [7, 11) is 3.02. The summed E-state index contributed by atoms with van der Waals surface area (Å²) in [5.74, 6) is -1.58. The molecular weight excluding hydrogens is 477 g/mol. The lowest BCUT2D eigenvalue weighted by Crippen LogP contribution is -2.40. The minimum absolute atomic E-state index is 0.0241. The fourth-order valence-corrected chi connectivity index (χ4v) is 4.68. The van der Waals surface area contributed by atoms with E-state index in [2.05, 4.69) is 20.6 Å². The van der Waals surface area contributed by atoms with E-state index in [9.17, 15) is 23.9 Å². The Labute approximate surface area is 205 Å². The maximum Gasteiger partial charge on any atom is 0.275 e. The van der Waals surface area contributed by atoms with Gasteiger partial charge in [0.05, 0.1) is 11.7 Å². The topological polar surface area (TPSA) is 125 Å². The molecule has 9 nitrogen and oxygen atoms in total. The number of aromatic hydroxyl groups is 1. The first kappa shape index (κ1) is 24.6. The Morgan fingerprint density at radius 1 is 1.17 bits per heavy atom. The van der Waals surface area contributed by atoms with Gasteiger partial charge in [-0.1, -0.05) is 31.4 Å². The van der Waals surface area contributed by atoms with Gasteiger partial charge in [-0.05, 0) is 36.5 Å². The Morgan fingerprint density at radius 2 is 1.83 bits per heavy atom. The lowest BCUT2D eigenvalue weighted by atomic mass is 9.78. The van der Waals surface area contributed by atoms with Crippen LogP contribution in [0.4, 0.5) is 21.5 Å². The molecular formula is C24H25ClFN5O4. The van der Waals surface area contributed by atoms with Gasteiger partial charge in [0.25, 0.3) is 16.8 Å². The second-order valence-electron chi connectivity index (χ2n) is 9.23. The third-order valence-electron chi connectivity index (χ3n) is 6.55. The van der Waals surface area contributed by atoms with Crippen molar-refractivity contribution in [2.45, 2.75) is 38.6 Å². The molecule has 1 aromatic carbocycles. The van der Waals surface area contributed by atoms with Crippen molar-refractivity contribution in [2.24, 2.45) is 5.41 Å². The molecule has 3 N–H and O–H groups in total. The molecule has 2 heterocycles. The van der Waals surface area contributed by atoms with Gasteiger partial charge in [-0.25, -0.2) is 14.4 Å². The van der Waals surface area contributed by atoms with E-state index >= 15 is 0 Å². The maximum atomic E-state index is 14.9. The van der Waals surface area contributed by atoms with Crippen LogP contribution in [0, 0.1) is 11.2 Å². The number of hydrogen-bond acceptors (Lipinski definition) is 8. The minimum atomic E-state index is -0.806. The number of hydrogen-bond donors (Lipinski definition) is 3. The molecule has 1 amide bonds. The smallest absolute Gasteiger partial charge is 0.275 e. The van der Waals surface area contributed by atoms with Gasteiger partial charge in [0.1, 0.15) is 28.0 Å². The number of rotatable bonds is 7. The Bertz CT molecular complexity index is 1360. The molecule has 3 aromatic rings. The number of nitrogens with zero attached hydrogens (tertiary/aromatic N) is 3. The van der Waals surface area contributed by atoms with E-state index in [0.717, 1.165) is 25.7 Å². The van der Waals surface area contributed by atoms with Gasteiger partial charge in [-0.2, -0.15) is 0 Å². The normalized spacial score (nSPS) is 15.7. The Balaban J connectivity index is 1.72. The van der Waals surface area contributed by atoms with Crippen LogP contribution in [0.1, 0.15) is 54.8 Å². The fraction of sp³-hybridized carbons (Fsp3) is 0.375. The molecule has 35 heavy (non-hydrogen) atoms. The highest BCUT2D eigenvalue weighted by molar-refractivity contribution is 6.29. The molecule has 1 saturated carbocycles. The lowest BCUT2D eigenvalue weighted by molar-refractivity contribution is 0.0819. The first-order valence-electron chi connectivity index (χ1n) is 11.1. The third kappa shape index (κ3) is 4.45. The van der Waals surface area contributed by atoms with Gasteiger partial charge in [0.2, 0.25) is 0 Å². The number of amides is 1. The summed E-state index contributed by atoms with van der Waals surface area (Å²) in [6, 6.07) is 3.20. The highest BCUT2D eigenvalue weighted by atomic mass is 35.5. The molecule has 0 saturated heterocycles. The predicted molar refractivity (Wildman–Crippen MR) is 131 cm³/mol. The van der Waals surface area contributed by atoms with Crippen molar-refractivity contribution in [3.05, 3.63) is 67.2 Å². The average molecular weight is 502 g/mol. The van der Waals surface area contributed by atoms with Gasteiger partial charge in [0.15, 0.2) is 11.4 Å². The zero-order valence-electron chi connectivity index (χ0n) is 19.5. The molecule has 1 fully saturated rings. The van der Waals surface area contributed by atoms with E-state index in [1.165, 1.54) is 43.4 Å². The van der Waals surface area contributed by atoms with E-state index in [0.29, 0.717) is 0 Å². The average Bonchev–Trinajstić information content (AvgIpc) is 3.27. The summed E-state index contributed by atoms with van der Waals surface area (Å²) in [6.07, 6.45) is 4.68. The predicted octanol–water partition coefficient (Wildman–Crippen LogP) is 3.75. The van der Waals surface area contributed by atoms with E-state index in [1.54, 1.807) is 0 Å². The highest BCUT2D eigenvalue weighted by Crippen LogP contribution is 2.49. The Kier molecular flexibility index (Phi) is 6.50. The van der Waals surface area contributed by atoms with Gasteiger partial charge >= 0.3 is 0 Å². The second-order valence-corrected chi connectivity index (χ2v) is 9.62. The zero-order chi connectivity index (χ0) is 25.5. The van der Waals surface area contributed by atoms with Crippen molar-refractivity contribution in [3.63, 3.8) is 0 Å². The van der Waals surface area contributed by atoms with Crippen molar-refractivity contribution in [1.82, 2.24) is 14.9 Å². The van der Waals surface area contributed by atoms with E-state index in [-0.39, 0.29) is 33.6 Å². The van der Waals surface area contributed by atoms with Gasteiger partial charge in [-0.15, -0.1) is 0 Å². The monoisotopic (exact) mass is 501 g/mol. The SMILES string of the molecule is CN(C)C(=O)c1nccc(Nc2c(N[C@@H](c3nc(Cl)ccc3F)C3(C)CCCC3)c(=O)c2=O)c1O. The van der Waals surface area contributed by atoms with E-state index < -0.39 is 39.8 Å². The molecule has 0 aliphatic heterocycles. The number of anilines is 3. The van der Waals surface area contributed by atoms with E-state index in [4.69, 9.17) is 11.6 Å². The number of pyridine rings is 2. The van der Waals surface area contributed by atoms with Crippen LogP contribution in [0.15, 0.2) is 34.0 Å². The molecule has 184 valence electrons. The van der Waals surface area contributed by atoms with E-state index in [1.807, 2.05) is 6.92 Å². The van der Waals surface area contributed by atoms with Gasteiger partial charge in [-0.3, -0.25) is 14.4 Å². The third-order valence-corrected chi connectivity index (χ3v) is 6.76. The first-order valence-corrected chi connectivity index (χ1v) is 11.5. The van der Waals surface area contributed by atoms with Crippen LogP contribution in [0.5, 0.6) is 5.75 Å². The van der Waals surface area contributed by atoms with Crippen LogP contribution < -0.4 is 21.5 Å².